The second-order valence-electron chi connectivity index (χ2n) is 9.82. The summed E-state index contributed by atoms with van der Waals surface area (Å²) in [5.74, 6) is -0.523. The summed E-state index contributed by atoms with van der Waals surface area (Å²) in [6.07, 6.45) is 7.31. The smallest absolute Gasteiger partial charge is 0.338 e. The van der Waals surface area contributed by atoms with Gasteiger partial charge in [-0.25, -0.2) is 14.5 Å². The number of ether oxygens (including phenoxy) is 1. The van der Waals surface area contributed by atoms with Gasteiger partial charge >= 0.3 is 5.97 Å². The number of rotatable bonds is 8. The van der Waals surface area contributed by atoms with E-state index in [9.17, 15) is 9.59 Å². The number of carbonyl (C=O) groups is 1. The first-order valence-corrected chi connectivity index (χ1v) is 15.7. The van der Waals surface area contributed by atoms with Crippen LogP contribution >= 0.6 is 23.1 Å². The van der Waals surface area contributed by atoms with Crippen LogP contribution in [0.25, 0.3) is 23.0 Å². The van der Waals surface area contributed by atoms with E-state index in [1.165, 1.54) is 17.4 Å². The number of allylic oxidation sites excluding steroid dienone is 1. The molecular formula is C34H28N4O3S2. The van der Waals surface area contributed by atoms with Crippen molar-refractivity contribution in [2.75, 3.05) is 12.9 Å². The molecule has 1 aliphatic heterocycles. The summed E-state index contributed by atoms with van der Waals surface area (Å²) in [4.78, 5) is 33.8. The Bertz CT molecular complexity index is 2020. The lowest BCUT2D eigenvalue weighted by molar-refractivity contribution is -0.138. The molecule has 0 saturated heterocycles. The normalized spacial score (nSPS) is 14.7. The van der Waals surface area contributed by atoms with Crippen LogP contribution in [0.1, 0.15) is 24.1 Å². The predicted molar refractivity (Wildman–Crippen MR) is 172 cm³/mol. The van der Waals surface area contributed by atoms with Gasteiger partial charge < -0.3 is 4.74 Å². The van der Waals surface area contributed by atoms with Gasteiger partial charge in [0.2, 0.25) is 0 Å². The van der Waals surface area contributed by atoms with Gasteiger partial charge in [0.25, 0.3) is 5.56 Å². The lowest BCUT2D eigenvalue weighted by Gasteiger charge is -2.24. The lowest BCUT2D eigenvalue weighted by atomic mass is 9.96. The Balaban J connectivity index is 1.54. The topological polar surface area (TPSA) is 78.5 Å². The number of hydrogen-bond acceptors (Lipinski definition) is 7. The van der Waals surface area contributed by atoms with Gasteiger partial charge in [0, 0.05) is 22.2 Å². The molecule has 214 valence electrons. The van der Waals surface area contributed by atoms with Crippen LogP contribution in [0, 0.1) is 0 Å². The summed E-state index contributed by atoms with van der Waals surface area (Å²) in [5.41, 5.74) is 4.80. The van der Waals surface area contributed by atoms with E-state index in [1.54, 1.807) is 23.3 Å². The monoisotopic (exact) mass is 604 g/mol. The van der Waals surface area contributed by atoms with Crippen LogP contribution < -0.4 is 14.9 Å². The van der Waals surface area contributed by atoms with Crippen molar-refractivity contribution in [2.24, 2.45) is 4.99 Å². The summed E-state index contributed by atoms with van der Waals surface area (Å²) in [6.45, 7) is 5.49. The summed E-state index contributed by atoms with van der Waals surface area (Å²) < 4.78 is 9.37. The summed E-state index contributed by atoms with van der Waals surface area (Å²) in [7, 11) is 0. The van der Waals surface area contributed by atoms with Gasteiger partial charge in [0.05, 0.1) is 33.2 Å². The Morgan fingerprint density at radius 3 is 2.42 bits per heavy atom. The standard InChI is InChI=1S/C34H28N4O3S2/c1-4-19-41-33(40)29-22(2)35-34-38(31(29)24-15-17-27(42-3)18-16-24)32(39)28(43-34)20-25-21-37(26-13-9-6-10-14-26)36-30(25)23-11-7-5-8-12-23/h4-18,20-21,31H,1,19H2,2-3H3. The van der Waals surface area contributed by atoms with Gasteiger partial charge in [-0.1, -0.05) is 84.7 Å². The molecule has 3 heterocycles. The first-order chi connectivity index (χ1) is 21.0. The average molecular weight is 605 g/mol. The van der Waals surface area contributed by atoms with Crippen molar-refractivity contribution in [3.05, 3.63) is 146 Å². The van der Waals surface area contributed by atoms with Crippen LogP contribution in [0.15, 0.2) is 130 Å². The lowest BCUT2D eigenvalue weighted by Crippen LogP contribution is -2.39. The molecule has 6 rings (SSSR count). The van der Waals surface area contributed by atoms with E-state index in [-0.39, 0.29) is 12.2 Å². The van der Waals surface area contributed by atoms with Crippen molar-refractivity contribution < 1.29 is 9.53 Å². The first-order valence-electron chi connectivity index (χ1n) is 13.6. The minimum absolute atomic E-state index is 0.0613. The first kappa shape index (κ1) is 28.4. The Kier molecular flexibility index (Phi) is 8.09. The number of thioether (sulfide) groups is 1. The van der Waals surface area contributed by atoms with Crippen molar-refractivity contribution >= 4 is 35.1 Å². The van der Waals surface area contributed by atoms with Crippen molar-refractivity contribution in [3.63, 3.8) is 0 Å². The zero-order valence-corrected chi connectivity index (χ0v) is 25.3. The zero-order valence-electron chi connectivity index (χ0n) is 23.6. The molecule has 3 aromatic carbocycles. The van der Waals surface area contributed by atoms with Gasteiger partial charge in [0.15, 0.2) is 4.80 Å². The maximum Gasteiger partial charge on any atom is 0.338 e. The van der Waals surface area contributed by atoms with Crippen molar-refractivity contribution in [2.45, 2.75) is 17.9 Å². The highest BCUT2D eigenvalue weighted by atomic mass is 32.2. The van der Waals surface area contributed by atoms with Gasteiger partial charge in [-0.15, -0.1) is 11.8 Å². The fourth-order valence-corrected chi connectivity index (χ4v) is 6.51. The maximum absolute atomic E-state index is 14.2. The highest BCUT2D eigenvalue weighted by Gasteiger charge is 2.33. The molecule has 1 unspecified atom stereocenters. The fraction of sp³-hybridized carbons (Fsp3) is 0.118. The van der Waals surface area contributed by atoms with E-state index >= 15 is 0 Å². The third kappa shape index (κ3) is 5.57. The van der Waals surface area contributed by atoms with E-state index in [2.05, 4.69) is 6.58 Å². The minimum Gasteiger partial charge on any atom is -0.458 e. The zero-order chi connectivity index (χ0) is 29.9. The third-order valence-electron chi connectivity index (χ3n) is 7.10. The number of carbonyl (C=O) groups excluding carboxylic acids is 1. The molecule has 0 spiro atoms. The molecule has 0 amide bonds. The second kappa shape index (κ2) is 12.2. The van der Waals surface area contributed by atoms with Crippen LogP contribution in [0.4, 0.5) is 0 Å². The summed E-state index contributed by atoms with van der Waals surface area (Å²) >= 11 is 2.92. The molecule has 0 N–H and O–H groups in total. The van der Waals surface area contributed by atoms with Crippen LogP contribution in [-0.2, 0) is 9.53 Å². The Morgan fingerprint density at radius 2 is 1.74 bits per heavy atom. The molecule has 1 aliphatic rings. The van der Waals surface area contributed by atoms with E-state index < -0.39 is 12.0 Å². The number of esters is 1. The summed E-state index contributed by atoms with van der Waals surface area (Å²) in [5, 5.41) is 4.89. The van der Waals surface area contributed by atoms with Crippen LogP contribution in [-0.4, -0.2) is 33.2 Å². The van der Waals surface area contributed by atoms with Crippen LogP contribution in [0.2, 0.25) is 0 Å². The Morgan fingerprint density at radius 1 is 1.05 bits per heavy atom. The molecule has 0 aliphatic carbocycles. The number of nitrogens with zero attached hydrogens (tertiary/aromatic N) is 4. The summed E-state index contributed by atoms with van der Waals surface area (Å²) in [6, 6.07) is 26.9. The van der Waals surface area contributed by atoms with E-state index in [0.29, 0.717) is 20.6 Å². The van der Waals surface area contributed by atoms with E-state index in [1.807, 2.05) is 108 Å². The number of hydrogen-bond donors (Lipinski definition) is 0. The molecule has 2 aromatic heterocycles. The molecule has 0 saturated carbocycles. The highest BCUT2D eigenvalue weighted by molar-refractivity contribution is 7.98. The quantitative estimate of drug-likeness (QED) is 0.132. The maximum atomic E-state index is 14.2. The van der Waals surface area contributed by atoms with E-state index in [0.717, 1.165) is 33.0 Å². The van der Waals surface area contributed by atoms with Crippen molar-refractivity contribution in [3.8, 4) is 16.9 Å². The number of fused-ring (bicyclic) bond motifs is 1. The van der Waals surface area contributed by atoms with Gasteiger partial charge in [0.1, 0.15) is 6.61 Å². The predicted octanol–water partition coefficient (Wildman–Crippen LogP) is 5.54. The molecule has 43 heavy (non-hydrogen) atoms. The molecule has 9 heteroatoms. The number of thiazole rings is 1. The molecule has 0 bridgehead atoms. The van der Waals surface area contributed by atoms with Gasteiger partial charge in [-0.3, -0.25) is 9.36 Å². The highest BCUT2D eigenvalue weighted by Crippen LogP contribution is 2.32. The van der Waals surface area contributed by atoms with Gasteiger partial charge in [-0.2, -0.15) is 5.10 Å². The molecule has 7 nitrogen and oxygen atoms in total. The fourth-order valence-electron chi connectivity index (χ4n) is 5.06. The molecule has 5 aromatic rings. The Labute approximate surface area is 256 Å². The van der Waals surface area contributed by atoms with Gasteiger partial charge in [-0.05, 0) is 49.1 Å². The third-order valence-corrected chi connectivity index (χ3v) is 8.83. The second-order valence-corrected chi connectivity index (χ2v) is 11.7. The molecule has 0 radical (unpaired) electrons. The number of para-hydroxylation sites is 1. The largest absolute Gasteiger partial charge is 0.458 e. The molecule has 0 fully saturated rings. The average Bonchev–Trinajstić information content (AvgIpc) is 3.60. The molecule has 1 atom stereocenters. The Hall–Kier alpha value is -4.73. The number of benzene rings is 3. The van der Waals surface area contributed by atoms with E-state index in [4.69, 9.17) is 14.8 Å². The number of aromatic nitrogens is 3. The SMILES string of the molecule is C=CCOC(=O)C1=C(C)N=c2sc(=Cc3cn(-c4ccccc4)nc3-c3ccccc3)c(=O)n2C1c1ccc(SC)cc1. The minimum atomic E-state index is -0.688. The van der Waals surface area contributed by atoms with Crippen LogP contribution in [0.5, 0.6) is 0 Å². The van der Waals surface area contributed by atoms with Crippen molar-refractivity contribution in [1.29, 1.82) is 0 Å². The van der Waals surface area contributed by atoms with Crippen molar-refractivity contribution in [1.82, 2.24) is 14.3 Å². The molecular weight excluding hydrogens is 577 g/mol. The van der Waals surface area contributed by atoms with Crippen LogP contribution in [0.3, 0.4) is 0 Å².